The third kappa shape index (κ3) is 1.93. The number of fused-ring (bicyclic) bond motifs is 1. The van der Waals surface area contributed by atoms with Crippen molar-refractivity contribution < 1.29 is 14.3 Å². The van der Waals surface area contributed by atoms with Gasteiger partial charge in [0.1, 0.15) is 5.75 Å². The van der Waals surface area contributed by atoms with Gasteiger partial charge in [0.25, 0.3) is 5.91 Å². The molecule has 1 aromatic rings. The molecule has 0 radical (unpaired) electrons. The summed E-state index contributed by atoms with van der Waals surface area (Å²) in [5.41, 5.74) is 1.51. The summed E-state index contributed by atoms with van der Waals surface area (Å²) in [7, 11) is 1.60. The molecule has 1 aromatic carbocycles. The molecule has 0 N–H and O–H groups in total. The Morgan fingerprint density at radius 1 is 1.30 bits per heavy atom. The van der Waals surface area contributed by atoms with Crippen molar-refractivity contribution >= 4 is 11.7 Å². The molecule has 1 atom stereocenters. The molecule has 1 saturated heterocycles. The van der Waals surface area contributed by atoms with E-state index in [1.807, 2.05) is 36.4 Å². The van der Waals surface area contributed by atoms with Gasteiger partial charge >= 0.3 is 0 Å². The minimum atomic E-state index is -0.421. The van der Waals surface area contributed by atoms with E-state index in [-0.39, 0.29) is 11.8 Å². The lowest BCUT2D eigenvalue weighted by Crippen LogP contribution is -2.33. The van der Waals surface area contributed by atoms with Crippen LogP contribution in [0, 0.1) is 0 Å². The highest BCUT2D eigenvalue weighted by Crippen LogP contribution is 2.31. The van der Waals surface area contributed by atoms with Gasteiger partial charge in [0.2, 0.25) is 5.78 Å². The van der Waals surface area contributed by atoms with Gasteiger partial charge in [-0.15, -0.1) is 0 Å². The van der Waals surface area contributed by atoms with Crippen molar-refractivity contribution in [3.8, 4) is 5.75 Å². The molecule has 3 rings (SSSR count). The van der Waals surface area contributed by atoms with Crippen LogP contribution in [0.25, 0.3) is 0 Å². The van der Waals surface area contributed by atoms with Crippen LogP contribution in [0.15, 0.2) is 48.1 Å². The molecular weight excluding hydrogens is 254 g/mol. The van der Waals surface area contributed by atoms with Crippen molar-refractivity contribution in [2.45, 2.75) is 19.0 Å². The highest BCUT2D eigenvalue weighted by atomic mass is 16.5. The smallest absolute Gasteiger partial charge is 0.295 e. The number of hydrogen-bond acceptors (Lipinski definition) is 3. The molecule has 1 fully saturated rings. The first kappa shape index (κ1) is 12.7. The number of hydrogen-bond donors (Lipinski definition) is 0. The van der Waals surface area contributed by atoms with Gasteiger partial charge in [0, 0.05) is 11.1 Å². The number of para-hydroxylation sites is 1. The summed E-state index contributed by atoms with van der Waals surface area (Å²) >= 11 is 0. The van der Waals surface area contributed by atoms with Crippen LogP contribution in [0.4, 0.5) is 0 Å². The maximum atomic E-state index is 12.1. The second-order valence-electron chi connectivity index (χ2n) is 4.88. The summed E-state index contributed by atoms with van der Waals surface area (Å²) in [6, 6.07) is 7.42. The number of carbonyl (C=O) groups is 2. The number of benzene rings is 1. The normalized spacial score (nSPS) is 20.9. The van der Waals surface area contributed by atoms with E-state index in [9.17, 15) is 9.59 Å². The van der Waals surface area contributed by atoms with Crippen LogP contribution >= 0.6 is 0 Å². The number of nitrogens with zero attached hydrogens (tertiary/aromatic N) is 1. The first-order chi connectivity index (χ1) is 9.72. The number of carbonyl (C=O) groups excluding carboxylic acids is 2. The van der Waals surface area contributed by atoms with Gasteiger partial charge in [-0.05, 0) is 12.5 Å². The largest absolute Gasteiger partial charge is 0.496 e. The van der Waals surface area contributed by atoms with Gasteiger partial charge in [-0.2, -0.15) is 0 Å². The molecule has 20 heavy (non-hydrogen) atoms. The molecule has 0 saturated carbocycles. The predicted molar refractivity (Wildman–Crippen MR) is 74.2 cm³/mol. The number of methoxy groups -OCH3 is 1. The summed E-state index contributed by atoms with van der Waals surface area (Å²) in [5.74, 6) is -0.0679. The molecule has 0 bridgehead atoms. The first-order valence-electron chi connectivity index (χ1n) is 6.56. The third-order valence-corrected chi connectivity index (χ3v) is 3.76. The molecular formula is C16H15NO3. The van der Waals surface area contributed by atoms with Gasteiger partial charge in [-0.25, -0.2) is 0 Å². The summed E-state index contributed by atoms with van der Waals surface area (Å²) in [5, 5.41) is 0. The number of ether oxygens (including phenoxy) is 1. The lowest BCUT2D eigenvalue weighted by molar-refractivity contribution is -0.140. The Balaban J connectivity index is 1.91. The summed E-state index contributed by atoms with van der Waals surface area (Å²) in [6.07, 6.45) is 6.26. The fourth-order valence-corrected chi connectivity index (χ4v) is 2.73. The Morgan fingerprint density at radius 2 is 2.10 bits per heavy atom. The number of amides is 1. The Kier molecular flexibility index (Phi) is 3.14. The second-order valence-corrected chi connectivity index (χ2v) is 4.88. The maximum absolute atomic E-state index is 12.1. The van der Waals surface area contributed by atoms with E-state index in [0.29, 0.717) is 18.5 Å². The fourth-order valence-electron chi connectivity index (χ4n) is 2.73. The topological polar surface area (TPSA) is 46.6 Å². The van der Waals surface area contributed by atoms with E-state index in [4.69, 9.17) is 4.74 Å². The van der Waals surface area contributed by atoms with Crippen LogP contribution in [0.1, 0.15) is 12.0 Å². The molecule has 4 nitrogen and oxygen atoms in total. The van der Waals surface area contributed by atoms with Crippen LogP contribution in [0.5, 0.6) is 5.75 Å². The zero-order valence-electron chi connectivity index (χ0n) is 11.2. The van der Waals surface area contributed by atoms with Gasteiger partial charge in [0.15, 0.2) is 0 Å². The fraction of sp³-hybridized carbons (Fsp3) is 0.250. The quantitative estimate of drug-likeness (QED) is 0.787. The van der Waals surface area contributed by atoms with Crippen LogP contribution in [-0.2, 0) is 16.1 Å². The van der Waals surface area contributed by atoms with Gasteiger partial charge in [-0.1, -0.05) is 36.4 Å². The zero-order chi connectivity index (χ0) is 14.1. The molecule has 0 aromatic heterocycles. The van der Waals surface area contributed by atoms with Crippen molar-refractivity contribution in [2.75, 3.05) is 7.11 Å². The number of rotatable bonds is 3. The number of allylic oxidation sites excluding steroid dienone is 2. The molecule has 2 aliphatic rings. The minimum absolute atomic E-state index is 0.134. The molecule has 102 valence electrons. The highest BCUT2D eigenvalue weighted by Gasteiger charge is 2.42. The minimum Gasteiger partial charge on any atom is -0.496 e. The molecule has 1 amide bonds. The van der Waals surface area contributed by atoms with E-state index < -0.39 is 5.91 Å². The van der Waals surface area contributed by atoms with Gasteiger partial charge in [-0.3, -0.25) is 9.59 Å². The van der Waals surface area contributed by atoms with Crippen LogP contribution in [0.2, 0.25) is 0 Å². The standard InChI is InChI=1S/C16H15NO3/c1-20-14-9-5-2-6-11(14)10-17-13-8-4-3-7-12(13)15(18)16(17)19/h2-7,9,13H,8,10H2,1H3. The number of likely N-dealkylation sites (tertiary alicyclic amines) is 1. The molecule has 1 unspecified atom stereocenters. The van der Waals surface area contributed by atoms with E-state index in [1.54, 1.807) is 18.1 Å². The summed E-state index contributed by atoms with van der Waals surface area (Å²) < 4.78 is 5.30. The number of Topliss-reactive ketones (excluding diaryl/α,β-unsaturated/α-hetero) is 1. The predicted octanol–water partition coefficient (Wildman–Crippen LogP) is 1.86. The van der Waals surface area contributed by atoms with Crippen molar-refractivity contribution in [3.05, 3.63) is 53.6 Å². The Labute approximate surface area is 117 Å². The number of ketones is 1. The van der Waals surface area contributed by atoms with Crippen molar-refractivity contribution in [3.63, 3.8) is 0 Å². The van der Waals surface area contributed by atoms with Crippen molar-refractivity contribution in [1.29, 1.82) is 0 Å². The van der Waals surface area contributed by atoms with Crippen molar-refractivity contribution in [2.24, 2.45) is 0 Å². The second kappa shape index (κ2) is 4.96. The maximum Gasteiger partial charge on any atom is 0.295 e. The first-order valence-corrected chi connectivity index (χ1v) is 6.56. The molecule has 0 spiro atoms. The van der Waals surface area contributed by atoms with Gasteiger partial charge in [0.05, 0.1) is 19.7 Å². The van der Waals surface area contributed by atoms with Crippen LogP contribution in [0.3, 0.4) is 0 Å². The lowest BCUT2D eigenvalue weighted by atomic mass is 9.99. The van der Waals surface area contributed by atoms with Gasteiger partial charge < -0.3 is 9.64 Å². The van der Waals surface area contributed by atoms with E-state index >= 15 is 0 Å². The third-order valence-electron chi connectivity index (χ3n) is 3.76. The summed E-state index contributed by atoms with van der Waals surface area (Å²) in [6.45, 7) is 0.393. The van der Waals surface area contributed by atoms with Crippen LogP contribution < -0.4 is 4.74 Å². The molecule has 1 aliphatic carbocycles. The van der Waals surface area contributed by atoms with E-state index in [2.05, 4.69) is 0 Å². The van der Waals surface area contributed by atoms with Crippen LogP contribution in [-0.4, -0.2) is 29.7 Å². The Bertz CT molecular complexity index is 630. The SMILES string of the molecule is COc1ccccc1CN1C(=O)C(=O)C2=CC=CCC21. The Hall–Kier alpha value is -2.36. The molecule has 1 heterocycles. The van der Waals surface area contributed by atoms with Crippen molar-refractivity contribution in [1.82, 2.24) is 4.90 Å². The molecule has 1 aliphatic heterocycles. The zero-order valence-corrected chi connectivity index (χ0v) is 11.2. The monoisotopic (exact) mass is 269 g/mol. The highest BCUT2D eigenvalue weighted by molar-refractivity contribution is 6.45. The molecule has 4 heteroatoms. The average Bonchev–Trinajstić information content (AvgIpc) is 2.73. The summed E-state index contributed by atoms with van der Waals surface area (Å²) in [4.78, 5) is 25.7. The average molecular weight is 269 g/mol. The van der Waals surface area contributed by atoms with E-state index in [0.717, 1.165) is 11.3 Å². The Morgan fingerprint density at radius 3 is 2.90 bits per heavy atom. The van der Waals surface area contributed by atoms with E-state index in [1.165, 1.54) is 0 Å². The lowest BCUT2D eigenvalue weighted by Gasteiger charge is -2.25.